The van der Waals surface area contributed by atoms with Crippen LogP contribution in [0.2, 0.25) is 0 Å². The second kappa shape index (κ2) is 9.82. The first-order valence-electron chi connectivity index (χ1n) is 9.46. The third kappa shape index (κ3) is 4.79. The number of hydrogen-bond acceptors (Lipinski definition) is 6. The van der Waals surface area contributed by atoms with Gasteiger partial charge in [-0.05, 0) is 38.0 Å². The summed E-state index contributed by atoms with van der Waals surface area (Å²) < 4.78 is 19.2. The third-order valence-electron chi connectivity index (χ3n) is 4.23. The zero-order valence-electron chi connectivity index (χ0n) is 16.6. The monoisotopic (exact) mass is 402 g/mol. The maximum Gasteiger partial charge on any atom is 0.170 e. The number of rotatable bonds is 10. The fraction of sp³-hybridized carbons (Fsp3) is 0.400. The number of nitrogens with zero attached hydrogens (tertiary/aromatic N) is 3. The van der Waals surface area contributed by atoms with E-state index in [1.165, 1.54) is 6.33 Å². The summed E-state index contributed by atoms with van der Waals surface area (Å²) in [6, 6.07) is 8.01. The molecule has 0 saturated heterocycles. The van der Waals surface area contributed by atoms with Crippen LogP contribution in [0.1, 0.15) is 20.3 Å². The van der Waals surface area contributed by atoms with Gasteiger partial charge in [-0.15, -0.1) is 0 Å². The Kier molecular flexibility index (Phi) is 7.20. The van der Waals surface area contributed by atoms with Crippen LogP contribution in [0.25, 0.3) is 22.2 Å². The molecule has 150 valence electrons. The van der Waals surface area contributed by atoms with E-state index >= 15 is 0 Å². The van der Waals surface area contributed by atoms with E-state index in [4.69, 9.17) is 19.5 Å². The molecule has 0 bridgehead atoms. The smallest absolute Gasteiger partial charge is 0.170 e. The maximum absolute atomic E-state index is 6.10. The molecule has 2 N–H and O–H groups in total. The molecule has 0 unspecified atom stereocenters. The molecule has 2 heterocycles. The average molecular weight is 402 g/mol. The third-order valence-corrected chi connectivity index (χ3v) is 6.00. The predicted molar refractivity (Wildman–Crippen MR) is 114 cm³/mol. The van der Waals surface area contributed by atoms with Gasteiger partial charge in [-0.1, -0.05) is 12.1 Å². The summed E-state index contributed by atoms with van der Waals surface area (Å²) in [5.41, 5.74) is 8.94. The van der Waals surface area contributed by atoms with E-state index < -0.39 is 8.38 Å². The number of fused-ring (bicyclic) bond motifs is 1. The van der Waals surface area contributed by atoms with Crippen molar-refractivity contribution in [1.29, 1.82) is 0 Å². The van der Waals surface area contributed by atoms with Crippen molar-refractivity contribution in [1.82, 2.24) is 14.5 Å². The summed E-state index contributed by atoms with van der Waals surface area (Å²) in [7, 11) is 1.14. The molecule has 0 saturated carbocycles. The Morgan fingerprint density at radius 2 is 1.93 bits per heavy atom. The lowest BCUT2D eigenvalue weighted by atomic mass is 10.1. The maximum atomic E-state index is 6.10. The molecular formula is C20H27N4O3P. The van der Waals surface area contributed by atoms with Crippen molar-refractivity contribution < 1.29 is 13.8 Å². The second-order valence-electron chi connectivity index (χ2n) is 6.23. The molecule has 0 aliphatic heterocycles. The molecule has 7 nitrogen and oxygen atoms in total. The number of hydrogen-bond donors (Lipinski definition) is 1. The molecule has 0 spiro atoms. The zero-order valence-corrected chi connectivity index (χ0v) is 17.5. The number of anilines is 1. The first-order valence-corrected chi connectivity index (χ1v) is 10.8. The summed E-state index contributed by atoms with van der Waals surface area (Å²) in [6.45, 7) is 5.94. The lowest BCUT2D eigenvalue weighted by Crippen LogP contribution is -2.02. The minimum Gasteiger partial charge on any atom is -0.494 e. The number of aromatic nitrogens is 3. The quantitative estimate of drug-likeness (QED) is 0.400. The van der Waals surface area contributed by atoms with Crippen molar-refractivity contribution in [3.05, 3.63) is 36.8 Å². The number of benzene rings is 1. The van der Waals surface area contributed by atoms with Crippen molar-refractivity contribution in [2.24, 2.45) is 7.05 Å². The molecule has 3 aromatic rings. The van der Waals surface area contributed by atoms with Gasteiger partial charge in [-0.3, -0.25) is 0 Å². The molecule has 8 heteroatoms. The van der Waals surface area contributed by atoms with Crippen LogP contribution in [0.4, 0.5) is 5.82 Å². The Balaban J connectivity index is 1.68. The summed E-state index contributed by atoms with van der Waals surface area (Å²) >= 11 is 0. The Labute approximate surface area is 166 Å². The first kappa shape index (κ1) is 20.5. The molecule has 2 aromatic heterocycles. The van der Waals surface area contributed by atoms with E-state index in [2.05, 4.69) is 9.97 Å². The standard InChI is InChI=1S/C20H27N4O3P/c1-4-26-28(27-5-2)11-7-10-25-16-9-6-8-15(12-16)17-13-24(3)20-18(17)19(21)22-14-23-20/h6,8-9,12-14H,4-5,7,10-11H2,1-3H3,(H2,21,22,23). The van der Waals surface area contributed by atoms with Crippen LogP contribution >= 0.6 is 8.38 Å². The molecule has 0 radical (unpaired) electrons. The summed E-state index contributed by atoms with van der Waals surface area (Å²) in [5.74, 6) is 1.30. The molecule has 0 atom stereocenters. The molecule has 28 heavy (non-hydrogen) atoms. The minimum atomic E-state index is -0.815. The van der Waals surface area contributed by atoms with Crippen LogP contribution in [0.5, 0.6) is 5.75 Å². The van der Waals surface area contributed by atoms with Crippen molar-refractivity contribution in [2.75, 3.05) is 31.7 Å². The summed E-state index contributed by atoms with van der Waals surface area (Å²) in [6.07, 6.45) is 5.26. The van der Waals surface area contributed by atoms with E-state index in [-0.39, 0.29) is 0 Å². The highest BCUT2D eigenvalue weighted by Gasteiger charge is 2.14. The van der Waals surface area contributed by atoms with Crippen LogP contribution in [-0.4, -0.2) is 40.5 Å². The number of ether oxygens (including phenoxy) is 1. The van der Waals surface area contributed by atoms with Gasteiger partial charge in [0.15, 0.2) is 8.38 Å². The van der Waals surface area contributed by atoms with E-state index in [9.17, 15) is 0 Å². The van der Waals surface area contributed by atoms with Crippen molar-refractivity contribution in [3.8, 4) is 16.9 Å². The van der Waals surface area contributed by atoms with Crippen LogP contribution in [0, 0.1) is 0 Å². The fourth-order valence-corrected chi connectivity index (χ4v) is 4.34. The van der Waals surface area contributed by atoms with Crippen LogP contribution in [-0.2, 0) is 16.1 Å². The van der Waals surface area contributed by atoms with E-state index in [1.54, 1.807) is 0 Å². The molecule has 1 aromatic carbocycles. The second-order valence-corrected chi connectivity index (χ2v) is 7.86. The highest BCUT2D eigenvalue weighted by molar-refractivity contribution is 7.47. The van der Waals surface area contributed by atoms with Gasteiger partial charge in [-0.25, -0.2) is 9.97 Å². The minimum absolute atomic E-state index is 0.479. The summed E-state index contributed by atoms with van der Waals surface area (Å²) in [5, 5.41) is 0.862. The van der Waals surface area contributed by atoms with E-state index in [1.807, 2.05) is 55.9 Å². The van der Waals surface area contributed by atoms with Gasteiger partial charge in [0.25, 0.3) is 0 Å². The molecule has 0 aliphatic carbocycles. The Hall–Kier alpha value is -2.21. The van der Waals surface area contributed by atoms with E-state index in [0.717, 1.165) is 40.5 Å². The topological polar surface area (TPSA) is 84.4 Å². The van der Waals surface area contributed by atoms with Gasteiger partial charge in [0, 0.05) is 25.0 Å². The lowest BCUT2D eigenvalue weighted by Gasteiger charge is -2.15. The molecular weight excluding hydrogens is 375 g/mol. The first-order chi connectivity index (χ1) is 13.6. The van der Waals surface area contributed by atoms with Crippen molar-refractivity contribution in [3.63, 3.8) is 0 Å². The number of nitrogen functional groups attached to an aromatic ring is 1. The number of aryl methyl sites for hydroxylation is 1. The van der Waals surface area contributed by atoms with Crippen molar-refractivity contribution in [2.45, 2.75) is 20.3 Å². The van der Waals surface area contributed by atoms with Crippen LogP contribution < -0.4 is 10.5 Å². The lowest BCUT2D eigenvalue weighted by molar-refractivity contribution is 0.263. The zero-order chi connectivity index (χ0) is 19.9. The van der Waals surface area contributed by atoms with Gasteiger partial charge in [0.1, 0.15) is 23.5 Å². The van der Waals surface area contributed by atoms with Gasteiger partial charge in [-0.2, -0.15) is 0 Å². The van der Waals surface area contributed by atoms with E-state index in [0.29, 0.717) is 25.6 Å². The molecule has 0 aliphatic rings. The van der Waals surface area contributed by atoms with Crippen LogP contribution in [0.3, 0.4) is 0 Å². The molecule has 3 rings (SSSR count). The Morgan fingerprint density at radius 3 is 2.68 bits per heavy atom. The fourth-order valence-electron chi connectivity index (χ4n) is 3.04. The highest BCUT2D eigenvalue weighted by atomic mass is 31.2. The largest absolute Gasteiger partial charge is 0.494 e. The Morgan fingerprint density at radius 1 is 1.14 bits per heavy atom. The SMILES string of the molecule is CCOP(CCCOc1cccc(-c2cn(C)c3ncnc(N)c23)c1)OCC. The molecule has 0 amide bonds. The average Bonchev–Trinajstić information content (AvgIpc) is 3.04. The van der Waals surface area contributed by atoms with Gasteiger partial charge in [0.05, 0.1) is 25.2 Å². The Bertz CT molecular complexity index is 910. The van der Waals surface area contributed by atoms with Gasteiger partial charge >= 0.3 is 0 Å². The van der Waals surface area contributed by atoms with Gasteiger partial charge in [0.2, 0.25) is 0 Å². The molecule has 0 fully saturated rings. The highest BCUT2D eigenvalue weighted by Crippen LogP contribution is 2.38. The summed E-state index contributed by atoms with van der Waals surface area (Å²) in [4.78, 5) is 8.47. The predicted octanol–water partition coefficient (Wildman–Crippen LogP) is 4.37. The number of nitrogens with two attached hydrogens (primary N) is 1. The van der Waals surface area contributed by atoms with Gasteiger partial charge < -0.3 is 24.1 Å². The normalized spacial score (nSPS) is 11.4. The van der Waals surface area contributed by atoms with Crippen LogP contribution in [0.15, 0.2) is 36.8 Å². The van der Waals surface area contributed by atoms with Crippen molar-refractivity contribution >= 4 is 25.2 Å².